The maximum Gasteiger partial charge on any atom is 0.295 e. The van der Waals surface area contributed by atoms with Gasteiger partial charge in [0.1, 0.15) is 17.3 Å². The summed E-state index contributed by atoms with van der Waals surface area (Å²) in [5, 5.41) is 22.0. The maximum atomic E-state index is 13.6. The minimum atomic E-state index is -0.944. The van der Waals surface area contributed by atoms with Gasteiger partial charge in [-0.2, -0.15) is 0 Å². The van der Waals surface area contributed by atoms with Gasteiger partial charge in [-0.1, -0.05) is 29.8 Å². The van der Waals surface area contributed by atoms with Crippen LogP contribution in [0.2, 0.25) is 0 Å². The number of rotatable bonds is 10. The smallest absolute Gasteiger partial charge is 0.295 e. The number of likely N-dealkylation sites (tertiary alicyclic amines) is 1. The molecule has 1 atom stereocenters. The van der Waals surface area contributed by atoms with Gasteiger partial charge in [0.25, 0.3) is 11.7 Å². The Morgan fingerprint density at radius 2 is 1.55 bits per heavy atom. The molecule has 8 nitrogen and oxygen atoms in total. The largest absolute Gasteiger partial charge is 0.507 e. The zero-order chi connectivity index (χ0) is 29.0. The fourth-order valence-electron chi connectivity index (χ4n) is 4.89. The quantitative estimate of drug-likeness (QED) is 0.188. The van der Waals surface area contributed by atoms with E-state index in [0.29, 0.717) is 36.9 Å². The zero-order valence-electron chi connectivity index (χ0n) is 23.5. The number of nitrogens with zero attached hydrogens (tertiary/aromatic N) is 1. The summed E-state index contributed by atoms with van der Waals surface area (Å²) in [6, 6.07) is 14.6. The summed E-state index contributed by atoms with van der Waals surface area (Å²) >= 11 is 0. The number of hydrogen-bond donors (Lipinski definition) is 2. The van der Waals surface area contributed by atoms with Crippen LogP contribution in [0, 0.1) is 13.8 Å². The van der Waals surface area contributed by atoms with E-state index in [-0.39, 0.29) is 34.9 Å². The standard InChI is InChI=1S/C32H35NO7/c1-6-38-23-12-13-24(26(17-23)39-7-2)30(35)28-29(21-11-14-25(34)27(16-21)40-8-3)33(32(37)31(28)36)18-22-15-19(4)9-10-20(22)5/h9-17,29,34-35H,6-8,18H2,1-5H3/b30-28+. The normalized spacial score (nSPS) is 16.3. The number of ether oxygens (including phenoxy) is 3. The SMILES string of the molecule is CCOc1ccc(/C(O)=C2\C(=O)C(=O)N(Cc3cc(C)ccc3C)C2c2ccc(O)c(OCC)c2)c(OCC)c1. The highest BCUT2D eigenvalue weighted by atomic mass is 16.5. The van der Waals surface area contributed by atoms with Gasteiger partial charge in [-0.25, -0.2) is 0 Å². The fourth-order valence-corrected chi connectivity index (χ4v) is 4.89. The topological polar surface area (TPSA) is 106 Å². The van der Waals surface area contributed by atoms with Crippen molar-refractivity contribution in [3.8, 4) is 23.0 Å². The van der Waals surface area contributed by atoms with Crippen LogP contribution in [0.4, 0.5) is 0 Å². The van der Waals surface area contributed by atoms with Crippen molar-refractivity contribution in [3.05, 3.63) is 88.0 Å². The molecule has 210 valence electrons. The van der Waals surface area contributed by atoms with E-state index in [2.05, 4.69) is 0 Å². The van der Waals surface area contributed by atoms with Crippen LogP contribution < -0.4 is 14.2 Å². The van der Waals surface area contributed by atoms with Gasteiger partial charge < -0.3 is 29.3 Å². The van der Waals surface area contributed by atoms with Gasteiger partial charge in [-0.15, -0.1) is 0 Å². The van der Waals surface area contributed by atoms with E-state index in [0.717, 1.165) is 16.7 Å². The molecular weight excluding hydrogens is 510 g/mol. The Bertz CT molecular complexity index is 1460. The Balaban J connectivity index is 1.93. The van der Waals surface area contributed by atoms with Crippen LogP contribution in [0.15, 0.2) is 60.2 Å². The van der Waals surface area contributed by atoms with E-state index in [9.17, 15) is 19.8 Å². The number of Topliss-reactive ketones (excluding diaryl/α,β-unsaturated/α-hetero) is 1. The van der Waals surface area contributed by atoms with Crippen LogP contribution in [0.5, 0.6) is 23.0 Å². The van der Waals surface area contributed by atoms with Crippen molar-refractivity contribution in [3.63, 3.8) is 0 Å². The summed E-state index contributed by atoms with van der Waals surface area (Å²) in [5.74, 6) is -0.877. The number of amides is 1. The molecule has 0 radical (unpaired) electrons. The Morgan fingerprint density at radius 1 is 0.850 bits per heavy atom. The highest BCUT2D eigenvalue weighted by molar-refractivity contribution is 6.46. The molecule has 4 rings (SSSR count). The number of phenols is 1. The average molecular weight is 546 g/mol. The molecule has 0 bridgehead atoms. The maximum absolute atomic E-state index is 13.6. The monoisotopic (exact) mass is 545 g/mol. The third-order valence-corrected chi connectivity index (χ3v) is 6.80. The predicted molar refractivity (Wildman–Crippen MR) is 152 cm³/mol. The van der Waals surface area contributed by atoms with Gasteiger partial charge in [-0.05, 0) is 75.6 Å². The summed E-state index contributed by atoms with van der Waals surface area (Å²) in [5.41, 5.74) is 3.57. The van der Waals surface area contributed by atoms with Gasteiger partial charge in [0.2, 0.25) is 0 Å². The molecule has 8 heteroatoms. The number of benzene rings is 3. The van der Waals surface area contributed by atoms with Crippen molar-refractivity contribution in [1.29, 1.82) is 0 Å². The second kappa shape index (κ2) is 12.2. The molecule has 1 fully saturated rings. The van der Waals surface area contributed by atoms with Crippen molar-refractivity contribution >= 4 is 17.4 Å². The number of aliphatic hydroxyl groups excluding tert-OH is 1. The van der Waals surface area contributed by atoms with Crippen LogP contribution in [-0.4, -0.2) is 46.6 Å². The summed E-state index contributed by atoms with van der Waals surface area (Å²) in [6.07, 6.45) is 0. The fraction of sp³-hybridized carbons (Fsp3) is 0.312. The Morgan fingerprint density at radius 3 is 2.25 bits per heavy atom. The minimum Gasteiger partial charge on any atom is -0.507 e. The van der Waals surface area contributed by atoms with Crippen LogP contribution >= 0.6 is 0 Å². The van der Waals surface area contributed by atoms with Gasteiger partial charge in [0.05, 0.1) is 37.0 Å². The van der Waals surface area contributed by atoms with Crippen molar-refractivity contribution < 1.29 is 34.0 Å². The van der Waals surface area contributed by atoms with Crippen LogP contribution in [-0.2, 0) is 16.1 Å². The van der Waals surface area contributed by atoms with E-state index in [1.165, 1.54) is 11.0 Å². The first kappa shape index (κ1) is 28.5. The molecule has 3 aromatic rings. The molecule has 1 aliphatic heterocycles. The molecule has 1 saturated heterocycles. The number of ketones is 1. The third-order valence-electron chi connectivity index (χ3n) is 6.80. The number of aryl methyl sites for hydroxylation is 2. The number of aliphatic hydroxyl groups is 1. The molecule has 0 spiro atoms. The molecule has 2 N–H and O–H groups in total. The van der Waals surface area contributed by atoms with E-state index in [1.54, 1.807) is 37.3 Å². The van der Waals surface area contributed by atoms with Gasteiger partial charge in [0.15, 0.2) is 11.5 Å². The molecule has 3 aromatic carbocycles. The van der Waals surface area contributed by atoms with Crippen LogP contribution in [0.3, 0.4) is 0 Å². The van der Waals surface area contributed by atoms with Crippen molar-refractivity contribution in [2.24, 2.45) is 0 Å². The van der Waals surface area contributed by atoms with Crippen molar-refractivity contribution in [1.82, 2.24) is 4.90 Å². The number of aromatic hydroxyl groups is 1. The molecule has 1 unspecified atom stereocenters. The highest BCUT2D eigenvalue weighted by Crippen LogP contribution is 2.44. The molecule has 40 heavy (non-hydrogen) atoms. The Labute approximate surface area is 234 Å². The second-order valence-electron chi connectivity index (χ2n) is 9.54. The van der Waals surface area contributed by atoms with Crippen LogP contribution in [0.1, 0.15) is 54.6 Å². The summed E-state index contributed by atoms with van der Waals surface area (Å²) in [4.78, 5) is 28.6. The molecule has 1 amide bonds. The second-order valence-corrected chi connectivity index (χ2v) is 9.54. The number of carbonyl (C=O) groups is 2. The summed E-state index contributed by atoms with van der Waals surface area (Å²) in [6.45, 7) is 10.6. The minimum absolute atomic E-state index is 0.0674. The van der Waals surface area contributed by atoms with E-state index in [4.69, 9.17) is 14.2 Å². The Kier molecular flexibility index (Phi) is 8.67. The summed E-state index contributed by atoms with van der Waals surface area (Å²) < 4.78 is 17.0. The first-order valence-corrected chi connectivity index (χ1v) is 13.4. The van der Waals surface area contributed by atoms with Gasteiger partial charge in [0, 0.05) is 12.6 Å². The van der Waals surface area contributed by atoms with E-state index < -0.39 is 17.7 Å². The lowest BCUT2D eigenvalue weighted by Gasteiger charge is -2.27. The van der Waals surface area contributed by atoms with Crippen molar-refractivity contribution in [2.45, 2.75) is 47.2 Å². The van der Waals surface area contributed by atoms with Crippen molar-refractivity contribution in [2.75, 3.05) is 19.8 Å². The molecule has 0 aromatic heterocycles. The predicted octanol–water partition coefficient (Wildman–Crippen LogP) is 5.83. The lowest BCUT2D eigenvalue weighted by molar-refractivity contribution is -0.140. The highest BCUT2D eigenvalue weighted by Gasteiger charge is 2.46. The van der Waals surface area contributed by atoms with Gasteiger partial charge >= 0.3 is 0 Å². The zero-order valence-corrected chi connectivity index (χ0v) is 23.5. The Hall–Kier alpha value is -4.46. The van der Waals surface area contributed by atoms with E-state index >= 15 is 0 Å². The number of phenolic OH excluding ortho intramolecular Hbond substituents is 1. The number of hydrogen-bond acceptors (Lipinski definition) is 7. The molecule has 0 aliphatic carbocycles. The van der Waals surface area contributed by atoms with Crippen LogP contribution in [0.25, 0.3) is 5.76 Å². The van der Waals surface area contributed by atoms with E-state index in [1.807, 2.05) is 45.9 Å². The first-order chi connectivity index (χ1) is 19.2. The third kappa shape index (κ3) is 5.61. The molecule has 0 saturated carbocycles. The molecule has 1 aliphatic rings. The lowest BCUT2D eigenvalue weighted by Crippen LogP contribution is -2.29. The average Bonchev–Trinajstić information content (AvgIpc) is 3.17. The molecule has 1 heterocycles. The first-order valence-electron chi connectivity index (χ1n) is 13.4. The van der Waals surface area contributed by atoms with Gasteiger partial charge in [-0.3, -0.25) is 9.59 Å². The number of carbonyl (C=O) groups excluding carboxylic acids is 2. The summed E-state index contributed by atoms with van der Waals surface area (Å²) in [7, 11) is 0. The molecular formula is C32H35NO7. The lowest BCUT2D eigenvalue weighted by atomic mass is 9.94.